The second kappa shape index (κ2) is 14.9. The number of rotatable bonds is 15. The zero-order valence-electron chi connectivity index (χ0n) is 19.1. The molecule has 2 aromatic rings. The fourth-order valence-electron chi connectivity index (χ4n) is 3.03. The van der Waals surface area contributed by atoms with E-state index < -0.39 is 0 Å². The highest BCUT2D eigenvalue weighted by Crippen LogP contribution is 2.16. The summed E-state index contributed by atoms with van der Waals surface area (Å²) in [6, 6.07) is 14.4. The van der Waals surface area contributed by atoms with Crippen LogP contribution in [0.25, 0.3) is 0 Å². The van der Waals surface area contributed by atoms with E-state index in [0.29, 0.717) is 24.4 Å². The molecule has 0 unspecified atom stereocenters. The Hall–Kier alpha value is -3.06. The molecule has 0 aliphatic carbocycles. The van der Waals surface area contributed by atoms with E-state index in [4.69, 9.17) is 9.47 Å². The fourth-order valence-corrected chi connectivity index (χ4v) is 3.03. The third-order valence-corrected chi connectivity index (χ3v) is 4.85. The second-order valence-corrected chi connectivity index (χ2v) is 7.51. The van der Waals surface area contributed by atoms with Crippen molar-refractivity contribution in [1.29, 1.82) is 0 Å². The van der Waals surface area contributed by atoms with Gasteiger partial charge >= 0.3 is 0 Å². The minimum Gasteiger partial charge on any atom is -0.494 e. The topological polar surface area (TPSA) is 88.7 Å². The van der Waals surface area contributed by atoms with Crippen LogP contribution < -0.4 is 20.7 Å². The Balaban J connectivity index is 1.68. The molecule has 2 amide bonds. The van der Waals surface area contributed by atoms with Crippen molar-refractivity contribution in [2.45, 2.75) is 39.0 Å². The summed E-state index contributed by atoms with van der Waals surface area (Å²) < 4.78 is 10.7. The molecule has 174 valence electrons. The van der Waals surface area contributed by atoms with Crippen molar-refractivity contribution in [3.8, 4) is 5.75 Å². The molecule has 0 saturated heterocycles. The Morgan fingerprint density at radius 1 is 0.844 bits per heavy atom. The van der Waals surface area contributed by atoms with Gasteiger partial charge in [0.2, 0.25) is 5.91 Å². The first-order chi connectivity index (χ1) is 15.6. The van der Waals surface area contributed by atoms with Crippen LogP contribution in [0.1, 0.15) is 49.4 Å². The van der Waals surface area contributed by atoms with Crippen molar-refractivity contribution in [1.82, 2.24) is 5.32 Å². The molecular formula is C25H35N3O4. The number of amides is 2. The SMILES string of the molecule is CCCCCCCOc1ccc(NCC(=O)Nc2ccc(C(=O)NCCOC)cc2)cc1. The quantitative estimate of drug-likeness (QED) is 0.355. The van der Waals surface area contributed by atoms with E-state index in [9.17, 15) is 9.59 Å². The van der Waals surface area contributed by atoms with Crippen molar-refractivity contribution in [3.63, 3.8) is 0 Å². The van der Waals surface area contributed by atoms with Crippen LogP contribution >= 0.6 is 0 Å². The normalized spacial score (nSPS) is 10.4. The molecule has 0 atom stereocenters. The van der Waals surface area contributed by atoms with Gasteiger partial charge < -0.3 is 25.4 Å². The number of anilines is 2. The summed E-state index contributed by atoms with van der Waals surface area (Å²) in [5.74, 6) is 0.488. The molecule has 0 aromatic heterocycles. The highest BCUT2D eigenvalue weighted by Gasteiger charge is 2.06. The van der Waals surface area contributed by atoms with Gasteiger partial charge in [0.15, 0.2) is 0 Å². The molecule has 32 heavy (non-hydrogen) atoms. The van der Waals surface area contributed by atoms with Crippen molar-refractivity contribution in [2.75, 3.05) is 44.0 Å². The maximum absolute atomic E-state index is 12.2. The number of unbranched alkanes of at least 4 members (excludes halogenated alkanes) is 4. The second-order valence-electron chi connectivity index (χ2n) is 7.51. The Bertz CT molecular complexity index is 807. The Labute approximate surface area is 190 Å². The summed E-state index contributed by atoms with van der Waals surface area (Å²) in [4.78, 5) is 24.2. The Morgan fingerprint density at radius 3 is 2.22 bits per heavy atom. The first-order valence-corrected chi connectivity index (χ1v) is 11.3. The van der Waals surface area contributed by atoms with E-state index in [1.165, 1.54) is 25.7 Å². The third kappa shape index (κ3) is 9.83. The molecule has 0 radical (unpaired) electrons. The van der Waals surface area contributed by atoms with E-state index >= 15 is 0 Å². The number of methoxy groups -OCH3 is 1. The molecule has 0 aliphatic rings. The standard InChI is InChI=1S/C25H35N3O4/c1-3-4-5-6-7-17-32-23-14-12-21(13-15-23)27-19-24(29)28-22-10-8-20(9-11-22)25(30)26-16-18-31-2/h8-15,27H,3-7,16-19H2,1-2H3,(H,26,30)(H,28,29). The van der Waals surface area contributed by atoms with Gasteiger partial charge in [-0.3, -0.25) is 9.59 Å². The van der Waals surface area contributed by atoms with Crippen molar-refractivity contribution in [2.24, 2.45) is 0 Å². The summed E-state index contributed by atoms with van der Waals surface area (Å²) in [5.41, 5.74) is 2.01. The molecule has 2 rings (SSSR count). The largest absolute Gasteiger partial charge is 0.494 e. The molecule has 0 aliphatic heterocycles. The zero-order chi connectivity index (χ0) is 23.0. The highest BCUT2D eigenvalue weighted by molar-refractivity contribution is 5.96. The van der Waals surface area contributed by atoms with Gasteiger partial charge in [-0.1, -0.05) is 32.6 Å². The number of benzene rings is 2. The summed E-state index contributed by atoms with van der Waals surface area (Å²) >= 11 is 0. The van der Waals surface area contributed by atoms with Gasteiger partial charge in [-0.2, -0.15) is 0 Å². The van der Waals surface area contributed by atoms with E-state index in [2.05, 4.69) is 22.9 Å². The van der Waals surface area contributed by atoms with Crippen molar-refractivity contribution >= 4 is 23.2 Å². The molecule has 0 bridgehead atoms. The molecule has 0 spiro atoms. The van der Waals surface area contributed by atoms with Gasteiger partial charge in [0.1, 0.15) is 5.75 Å². The highest BCUT2D eigenvalue weighted by atomic mass is 16.5. The van der Waals surface area contributed by atoms with Gasteiger partial charge in [0.25, 0.3) is 5.91 Å². The van der Waals surface area contributed by atoms with Crippen LogP contribution in [0.2, 0.25) is 0 Å². The number of hydrogen-bond acceptors (Lipinski definition) is 5. The number of hydrogen-bond donors (Lipinski definition) is 3. The zero-order valence-corrected chi connectivity index (χ0v) is 19.1. The minimum atomic E-state index is -0.175. The van der Waals surface area contributed by atoms with Crippen LogP contribution in [0.15, 0.2) is 48.5 Å². The average Bonchev–Trinajstić information content (AvgIpc) is 2.81. The molecule has 0 fully saturated rings. The van der Waals surface area contributed by atoms with E-state index in [0.717, 1.165) is 24.5 Å². The van der Waals surface area contributed by atoms with Gasteiger partial charge in [0.05, 0.1) is 19.8 Å². The maximum Gasteiger partial charge on any atom is 0.251 e. The van der Waals surface area contributed by atoms with Crippen LogP contribution in [0, 0.1) is 0 Å². The fraction of sp³-hybridized carbons (Fsp3) is 0.440. The molecule has 2 aromatic carbocycles. The van der Waals surface area contributed by atoms with Gasteiger partial charge in [-0.25, -0.2) is 0 Å². The van der Waals surface area contributed by atoms with Crippen LogP contribution in [0.4, 0.5) is 11.4 Å². The maximum atomic E-state index is 12.2. The van der Waals surface area contributed by atoms with E-state index in [1.54, 1.807) is 31.4 Å². The van der Waals surface area contributed by atoms with Crippen molar-refractivity contribution < 1.29 is 19.1 Å². The molecule has 0 heterocycles. The monoisotopic (exact) mass is 441 g/mol. The number of carbonyl (C=O) groups excluding carboxylic acids is 2. The summed E-state index contributed by atoms with van der Waals surface area (Å²) in [6.07, 6.45) is 6.06. The summed E-state index contributed by atoms with van der Waals surface area (Å²) in [5, 5.41) is 8.66. The molecule has 0 saturated carbocycles. The summed E-state index contributed by atoms with van der Waals surface area (Å²) in [7, 11) is 1.58. The van der Waals surface area contributed by atoms with Crippen LogP contribution in [0.5, 0.6) is 5.75 Å². The van der Waals surface area contributed by atoms with Gasteiger partial charge in [0, 0.05) is 30.6 Å². The number of carbonyl (C=O) groups is 2. The van der Waals surface area contributed by atoms with Crippen LogP contribution in [-0.4, -0.2) is 45.2 Å². The number of ether oxygens (including phenoxy) is 2. The van der Waals surface area contributed by atoms with E-state index in [-0.39, 0.29) is 18.4 Å². The Kier molecular flexibility index (Phi) is 11.7. The van der Waals surface area contributed by atoms with Crippen molar-refractivity contribution in [3.05, 3.63) is 54.1 Å². The molecular weight excluding hydrogens is 406 g/mol. The lowest BCUT2D eigenvalue weighted by Crippen LogP contribution is -2.27. The Morgan fingerprint density at radius 2 is 1.53 bits per heavy atom. The average molecular weight is 442 g/mol. The lowest BCUT2D eigenvalue weighted by Gasteiger charge is -2.10. The lowest BCUT2D eigenvalue weighted by atomic mass is 10.2. The number of nitrogens with one attached hydrogen (secondary N) is 3. The summed E-state index contributed by atoms with van der Waals surface area (Å²) in [6.45, 7) is 3.98. The third-order valence-electron chi connectivity index (χ3n) is 4.85. The first kappa shape index (κ1) is 25.2. The first-order valence-electron chi connectivity index (χ1n) is 11.3. The molecule has 3 N–H and O–H groups in total. The van der Waals surface area contributed by atoms with Gasteiger partial charge in [-0.05, 0) is 55.0 Å². The smallest absolute Gasteiger partial charge is 0.251 e. The predicted octanol–water partition coefficient (Wildman–Crippen LogP) is 4.46. The molecule has 7 nitrogen and oxygen atoms in total. The predicted molar refractivity (Wildman–Crippen MR) is 128 cm³/mol. The van der Waals surface area contributed by atoms with Crippen LogP contribution in [0.3, 0.4) is 0 Å². The molecule has 7 heteroatoms. The van der Waals surface area contributed by atoms with Crippen LogP contribution in [-0.2, 0) is 9.53 Å². The minimum absolute atomic E-state index is 0.136. The van der Waals surface area contributed by atoms with E-state index in [1.807, 2.05) is 24.3 Å². The lowest BCUT2D eigenvalue weighted by molar-refractivity contribution is -0.114. The van der Waals surface area contributed by atoms with Gasteiger partial charge in [-0.15, -0.1) is 0 Å².